The highest BCUT2D eigenvalue weighted by Gasteiger charge is 2.05. The average Bonchev–Trinajstić information content (AvgIpc) is 2.52. The van der Waals surface area contributed by atoms with Crippen LogP contribution >= 0.6 is 22.6 Å². The van der Waals surface area contributed by atoms with Crippen LogP contribution in [0.1, 0.15) is 17.5 Å². The Balaban J connectivity index is 1.95. The van der Waals surface area contributed by atoms with Gasteiger partial charge in [-0.1, -0.05) is 43.0 Å². The Morgan fingerprint density at radius 2 is 1.90 bits per heavy atom. The zero-order valence-electron chi connectivity index (χ0n) is 11.7. The summed E-state index contributed by atoms with van der Waals surface area (Å²) in [5.41, 5.74) is 2.29. The zero-order chi connectivity index (χ0) is 15.1. The highest BCUT2D eigenvalue weighted by atomic mass is 127. The van der Waals surface area contributed by atoms with E-state index in [1.807, 2.05) is 42.5 Å². The van der Waals surface area contributed by atoms with Crippen molar-refractivity contribution in [2.45, 2.75) is 19.4 Å². The lowest BCUT2D eigenvalue weighted by Gasteiger charge is -2.10. The molecule has 21 heavy (non-hydrogen) atoms. The molecule has 0 aromatic heterocycles. The smallest absolute Gasteiger partial charge is 0.155 e. The quantitative estimate of drug-likeness (QED) is 0.510. The minimum absolute atomic E-state index is 0.0782. The predicted molar refractivity (Wildman–Crippen MR) is 93.5 cm³/mol. The molecular weight excluding hydrogens is 375 g/mol. The Kier molecular flexibility index (Phi) is 5.99. The van der Waals surface area contributed by atoms with E-state index in [-0.39, 0.29) is 5.78 Å². The Bertz CT molecular complexity index is 620. The van der Waals surface area contributed by atoms with Gasteiger partial charge in [-0.15, -0.1) is 0 Å². The van der Waals surface area contributed by atoms with Gasteiger partial charge in [0, 0.05) is 6.42 Å². The Hall–Kier alpha value is -1.62. The summed E-state index contributed by atoms with van der Waals surface area (Å²) in [4.78, 5) is 11.3. The van der Waals surface area contributed by atoms with Crippen molar-refractivity contribution in [1.29, 1.82) is 0 Å². The summed E-state index contributed by atoms with van der Waals surface area (Å²) in [5.74, 6) is 0.952. The van der Waals surface area contributed by atoms with Crippen LogP contribution in [0.4, 0.5) is 0 Å². The van der Waals surface area contributed by atoms with Gasteiger partial charge in [0.15, 0.2) is 5.78 Å². The maximum atomic E-state index is 11.3. The molecule has 2 aromatic carbocycles. The highest BCUT2D eigenvalue weighted by Crippen LogP contribution is 2.23. The van der Waals surface area contributed by atoms with Gasteiger partial charge in [-0.3, -0.25) is 4.79 Å². The molecule has 0 saturated heterocycles. The zero-order valence-corrected chi connectivity index (χ0v) is 13.9. The molecule has 0 aliphatic carbocycles. The molecule has 0 aliphatic heterocycles. The molecular formula is C18H17IO2. The van der Waals surface area contributed by atoms with Gasteiger partial charge in [0.2, 0.25) is 0 Å². The standard InChI is InChI=1S/C18H17IO2/c1-2-16(20)10-8-14-9-11-18(17(19)12-14)21-13-15-6-4-3-5-7-15/h2-7,9,11-12H,1,8,10,13H2. The lowest BCUT2D eigenvalue weighted by atomic mass is 10.1. The third-order valence-electron chi connectivity index (χ3n) is 3.12. The molecule has 0 aliphatic rings. The summed E-state index contributed by atoms with van der Waals surface area (Å²) < 4.78 is 6.90. The summed E-state index contributed by atoms with van der Waals surface area (Å²) in [5, 5.41) is 0. The predicted octanol–water partition coefficient (Wildman–Crippen LogP) is 4.56. The molecule has 0 radical (unpaired) electrons. The summed E-state index contributed by atoms with van der Waals surface area (Å²) >= 11 is 2.26. The summed E-state index contributed by atoms with van der Waals surface area (Å²) in [7, 11) is 0. The fourth-order valence-corrected chi connectivity index (χ4v) is 2.66. The van der Waals surface area contributed by atoms with Crippen molar-refractivity contribution in [2.75, 3.05) is 0 Å². The van der Waals surface area contributed by atoms with Crippen LogP contribution in [0.25, 0.3) is 0 Å². The van der Waals surface area contributed by atoms with E-state index < -0.39 is 0 Å². The van der Waals surface area contributed by atoms with Gasteiger partial charge in [0.25, 0.3) is 0 Å². The Morgan fingerprint density at radius 1 is 1.14 bits per heavy atom. The summed E-state index contributed by atoms with van der Waals surface area (Å²) in [6.45, 7) is 4.05. The monoisotopic (exact) mass is 392 g/mol. The van der Waals surface area contributed by atoms with Crippen molar-refractivity contribution in [1.82, 2.24) is 0 Å². The second-order valence-corrected chi connectivity index (χ2v) is 5.87. The third-order valence-corrected chi connectivity index (χ3v) is 3.96. The molecule has 108 valence electrons. The number of hydrogen-bond acceptors (Lipinski definition) is 2. The van der Waals surface area contributed by atoms with Gasteiger partial charge in [0.05, 0.1) is 3.57 Å². The van der Waals surface area contributed by atoms with Gasteiger partial charge >= 0.3 is 0 Å². The first kappa shape index (κ1) is 15.8. The van der Waals surface area contributed by atoms with E-state index in [4.69, 9.17) is 4.74 Å². The van der Waals surface area contributed by atoms with Crippen LogP contribution in [-0.4, -0.2) is 5.78 Å². The van der Waals surface area contributed by atoms with Crippen LogP contribution in [0.2, 0.25) is 0 Å². The average molecular weight is 392 g/mol. The fraction of sp³-hybridized carbons (Fsp3) is 0.167. The summed E-state index contributed by atoms with van der Waals surface area (Å²) in [6, 6.07) is 16.1. The lowest BCUT2D eigenvalue weighted by molar-refractivity contribution is -0.114. The molecule has 0 spiro atoms. The molecule has 0 heterocycles. The number of ether oxygens (including phenoxy) is 1. The minimum Gasteiger partial charge on any atom is -0.488 e. The van der Waals surface area contributed by atoms with E-state index in [1.54, 1.807) is 0 Å². The second kappa shape index (κ2) is 7.98. The first-order valence-electron chi connectivity index (χ1n) is 6.79. The Morgan fingerprint density at radius 3 is 2.57 bits per heavy atom. The maximum Gasteiger partial charge on any atom is 0.155 e. The normalized spacial score (nSPS) is 10.1. The largest absolute Gasteiger partial charge is 0.488 e. The number of halogens is 1. The van der Waals surface area contributed by atoms with Crippen molar-refractivity contribution in [3.05, 3.63) is 75.9 Å². The van der Waals surface area contributed by atoms with Crippen molar-refractivity contribution in [2.24, 2.45) is 0 Å². The number of carbonyl (C=O) groups excluding carboxylic acids is 1. The molecule has 0 atom stereocenters. The molecule has 0 fully saturated rings. The Labute approximate surface area is 139 Å². The van der Waals surface area contributed by atoms with Crippen LogP contribution in [0.3, 0.4) is 0 Å². The molecule has 2 nitrogen and oxygen atoms in total. The molecule has 3 heteroatoms. The number of benzene rings is 2. The number of rotatable bonds is 7. The van der Waals surface area contributed by atoms with Gasteiger partial charge in [-0.25, -0.2) is 0 Å². The highest BCUT2D eigenvalue weighted by molar-refractivity contribution is 14.1. The third kappa shape index (κ3) is 5.01. The molecule has 0 N–H and O–H groups in total. The van der Waals surface area contributed by atoms with Crippen LogP contribution in [0.5, 0.6) is 5.75 Å². The number of hydrogen-bond donors (Lipinski definition) is 0. The number of carbonyl (C=O) groups is 1. The van der Waals surface area contributed by atoms with Crippen molar-refractivity contribution in [3.8, 4) is 5.75 Å². The van der Waals surface area contributed by atoms with Crippen molar-refractivity contribution in [3.63, 3.8) is 0 Å². The van der Waals surface area contributed by atoms with Gasteiger partial charge in [-0.05, 0) is 58.3 Å². The fourth-order valence-electron chi connectivity index (χ4n) is 1.92. The molecule has 0 amide bonds. The molecule has 0 saturated carbocycles. The van der Waals surface area contributed by atoms with E-state index in [0.717, 1.165) is 26.9 Å². The van der Waals surface area contributed by atoms with Crippen LogP contribution in [0, 0.1) is 3.57 Å². The number of ketones is 1. The number of aryl methyl sites for hydroxylation is 1. The summed E-state index contributed by atoms with van der Waals surface area (Å²) in [6.07, 6.45) is 2.62. The maximum absolute atomic E-state index is 11.3. The van der Waals surface area contributed by atoms with E-state index in [0.29, 0.717) is 13.0 Å². The molecule has 2 rings (SSSR count). The van der Waals surface area contributed by atoms with Gasteiger partial charge in [0.1, 0.15) is 12.4 Å². The van der Waals surface area contributed by atoms with Gasteiger partial charge in [-0.2, -0.15) is 0 Å². The van der Waals surface area contributed by atoms with E-state index in [9.17, 15) is 4.79 Å². The molecule has 0 unspecified atom stereocenters. The second-order valence-electron chi connectivity index (χ2n) is 4.71. The van der Waals surface area contributed by atoms with Crippen LogP contribution in [-0.2, 0) is 17.8 Å². The number of allylic oxidation sites excluding steroid dienone is 1. The van der Waals surface area contributed by atoms with Gasteiger partial charge < -0.3 is 4.74 Å². The SMILES string of the molecule is C=CC(=O)CCc1ccc(OCc2ccccc2)c(I)c1. The molecule has 0 bridgehead atoms. The van der Waals surface area contributed by atoms with Crippen LogP contribution < -0.4 is 4.74 Å². The van der Waals surface area contributed by atoms with E-state index in [1.165, 1.54) is 6.08 Å². The molecule has 2 aromatic rings. The van der Waals surface area contributed by atoms with E-state index >= 15 is 0 Å². The first-order chi connectivity index (χ1) is 10.2. The minimum atomic E-state index is 0.0782. The lowest BCUT2D eigenvalue weighted by Crippen LogP contribution is -1.99. The first-order valence-corrected chi connectivity index (χ1v) is 7.87. The van der Waals surface area contributed by atoms with Crippen molar-refractivity contribution >= 4 is 28.4 Å². The van der Waals surface area contributed by atoms with Crippen molar-refractivity contribution < 1.29 is 9.53 Å². The van der Waals surface area contributed by atoms with Crippen LogP contribution in [0.15, 0.2) is 61.2 Å². The topological polar surface area (TPSA) is 26.3 Å². The van der Waals surface area contributed by atoms with E-state index in [2.05, 4.69) is 35.2 Å².